The maximum Gasteiger partial charge on any atom is 0.146 e. The van der Waals surface area contributed by atoms with Gasteiger partial charge in [0, 0.05) is 27.1 Å². The average molecular weight is 523 g/mol. The third-order valence-electron chi connectivity index (χ3n) is 8.15. The van der Waals surface area contributed by atoms with Gasteiger partial charge in [0.05, 0.1) is 39.1 Å². The van der Waals surface area contributed by atoms with Crippen LogP contribution < -0.4 is 0 Å². The normalized spacial score (nSPS) is 11.9. The van der Waals surface area contributed by atoms with Crippen LogP contribution in [0.4, 0.5) is 0 Å². The molecule has 0 atom stereocenters. The lowest BCUT2D eigenvalue weighted by atomic mass is 10.0. The highest BCUT2D eigenvalue weighted by Crippen LogP contribution is 2.35. The molecule has 0 aliphatic rings. The van der Waals surface area contributed by atoms with E-state index in [1.807, 2.05) is 12.1 Å². The van der Waals surface area contributed by atoms with Gasteiger partial charge in [0.15, 0.2) is 0 Å². The zero-order chi connectivity index (χ0) is 26.9. The summed E-state index contributed by atoms with van der Waals surface area (Å²) in [5.41, 5.74) is 8.95. The van der Waals surface area contributed by atoms with Crippen molar-refractivity contribution in [2.75, 3.05) is 0 Å². The fourth-order valence-corrected chi connectivity index (χ4v) is 6.21. The number of fused-ring (bicyclic) bond motifs is 11. The van der Waals surface area contributed by atoms with Gasteiger partial charge >= 0.3 is 0 Å². The predicted octanol–water partition coefficient (Wildman–Crippen LogP) is 9.22. The number of aromatic nitrogens is 4. The summed E-state index contributed by atoms with van der Waals surface area (Å²) in [6, 6.07) is 46.6. The van der Waals surface area contributed by atoms with Gasteiger partial charge in [-0.1, -0.05) is 84.9 Å². The predicted molar refractivity (Wildman–Crippen MR) is 169 cm³/mol. The van der Waals surface area contributed by atoms with E-state index in [0.29, 0.717) is 0 Å². The monoisotopic (exact) mass is 522 g/mol. The SMILES string of the molecule is c1cc(-c2ccc3c(c2)c2ccccc2n2c4ccccc4nc32)nc(-c2ccc3ccc4ccccc4c3n2)c1. The van der Waals surface area contributed by atoms with Crippen LogP contribution in [-0.2, 0) is 0 Å². The van der Waals surface area contributed by atoms with Crippen molar-refractivity contribution in [2.24, 2.45) is 0 Å². The molecule has 0 saturated carbocycles. The minimum Gasteiger partial charge on any atom is -0.292 e. The maximum absolute atomic E-state index is 5.10. The second-order valence-electron chi connectivity index (χ2n) is 10.5. The Kier molecular flexibility index (Phi) is 4.58. The van der Waals surface area contributed by atoms with Crippen molar-refractivity contribution in [3.63, 3.8) is 0 Å². The van der Waals surface area contributed by atoms with E-state index < -0.39 is 0 Å². The second-order valence-corrected chi connectivity index (χ2v) is 10.5. The van der Waals surface area contributed by atoms with Crippen molar-refractivity contribution in [3.05, 3.63) is 133 Å². The average Bonchev–Trinajstić information content (AvgIpc) is 3.44. The molecular formula is C37H22N4. The van der Waals surface area contributed by atoms with Crippen LogP contribution in [0, 0.1) is 0 Å². The van der Waals surface area contributed by atoms with Crippen molar-refractivity contribution in [1.29, 1.82) is 0 Å². The Labute approximate surface area is 235 Å². The van der Waals surface area contributed by atoms with Crippen LogP contribution >= 0.6 is 0 Å². The minimum atomic E-state index is 0.859. The lowest BCUT2D eigenvalue weighted by Gasteiger charge is -2.11. The number of pyridine rings is 3. The number of benzene rings is 5. The Morgan fingerprint density at radius 2 is 1.15 bits per heavy atom. The Morgan fingerprint density at radius 1 is 0.415 bits per heavy atom. The fraction of sp³-hybridized carbons (Fsp3) is 0. The maximum atomic E-state index is 5.10. The zero-order valence-corrected chi connectivity index (χ0v) is 22.0. The van der Waals surface area contributed by atoms with Crippen molar-refractivity contribution < 1.29 is 0 Å². The molecule has 0 bridgehead atoms. The molecule has 4 heteroatoms. The first-order chi connectivity index (χ1) is 20.3. The molecule has 0 aliphatic carbocycles. The highest BCUT2D eigenvalue weighted by molar-refractivity contribution is 6.14. The van der Waals surface area contributed by atoms with Crippen molar-refractivity contribution in [2.45, 2.75) is 0 Å². The Morgan fingerprint density at radius 3 is 2.10 bits per heavy atom. The van der Waals surface area contributed by atoms with Gasteiger partial charge in [0.1, 0.15) is 5.65 Å². The molecule has 9 aromatic rings. The van der Waals surface area contributed by atoms with E-state index in [2.05, 4.69) is 126 Å². The number of para-hydroxylation sites is 3. The summed E-state index contributed by atoms with van der Waals surface area (Å²) >= 11 is 0. The van der Waals surface area contributed by atoms with E-state index in [0.717, 1.165) is 66.5 Å². The highest BCUT2D eigenvalue weighted by Gasteiger charge is 2.15. The van der Waals surface area contributed by atoms with Crippen LogP contribution in [0.2, 0.25) is 0 Å². The van der Waals surface area contributed by atoms with Gasteiger partial charge < -0.3 is 0 Å². The van der Waals surface area contributed by atoms with Crippen LogP contribution in [-0.4, -0.2) is 19.4 Å². The van der Waals surface area contributed by atoms with E-state index in [9.17, 15) is 0 Å². The van der Waals surface area contributed by atoms with Gasteiger partial charge in [0.2, 0.25) is 0 Å². The number of hydrogen-bond donors (Lipinski definition) is 0. The van der Waals surface area contributed by atoms with Crippen molar-refractivity contribution in [1.82, 2.24) is 19.4 Å². The first kappa shape index (κ1) is 22.2. The molecule has 0 unspecified atom stereocenters. The largest absolute Gasteiger partial charge is 0.292 e. The summed E-state index contributed by atoms with van der Waals surface area (Å²) in [5, 5.41) is 6.96. The van der Waals surface area contributed by atoms with Gasteiger partial charge in [-0.25, -0.2) is 15.0 Å². The summed E-state index contributed by atoms with van der Waals surface area (Å²) in [4.78, 5) is 15.2. The summed E-state index contributed by atoms with van der Waals surface area (Å²) in [7, 11) is 0. The van der Waals surface area contributed by atoms with E-state index in [1.165, 1.54) is 16.2 Å². The van der Waals surface area contributed by atoms with Crippen LogP contribution in [0.1, 0.15) is 0 Å². The molecule has 0 N–H and O–H groups in total. The van der Waals surface area contributed by atoms with Crippen molar-refractivity contribution in [3.8, 4) is 22.6 Å². The van der Waals surface area contributed by atoms with Crippen LogP contribution in [0.25, 0.3) is 82.7 Å². The third-order valence-corrected chi connectivity index (χ3v) is 8.15. The first-order valence-electron chi connectivity index (χ1n) is 13.8. The minimum absolute atomic E-state index is 0.859. The summed E-state index contributed by atoms with van der Waals surface area (Å²) in [5.74, 6) is 0. The number of hydrogen-bond acceptors (Lipinski definition) is 3. The molecule has 0 amide bonds. The van der Waals surface area contributed by atoms with Crippen LogP contribution in [0.15, 0.2) is 133 Å². The molecule has 190 valence electrons. The number of nitrogens with zero attached hydrogens (tertiary/aromatic N) is 4. The van der Waals surface area contributed by atoms with Gasteiger partial charge in [0.25, 0.3) is 0 Å². The second kappa shape index (κ2) is 8.44. The lowest BCUT2D eigenvalue weighted by Crippen LogP contribution is -1.93. The smallest absolute Gasteiger partial charge is 0.146 e. The molecule has 0 fully saturated rings. The van der Waals surface area contributed by atoms with E-state index in [4.69, 9.17) is 15.0 Å². The third kappa shape index (κ3) is 3.31. The van der Waals surface area contributed by atoms with Crippen molar-refractivity contribution >= 4 is 60.0 Å². The van der Waals surface area contributed by atoms with E-state index in [-0.39, 0.29) is 0 Å². The molecule has 0 radical (unpaired) electrons. The molecule has 0 aliphatic heterocycles. The molecule has 5 aromatic carbocycles. The standard InChI is InChI=1S/C37H22N4/c1-2-9-26-23(8-1)16-17-24-19-21-32(39-36(24)26)31-13-7-12-30(38-31)25-18-20-28-29(22-25)27-10-3-5-14-34(27)41-35-15-6-4-11-33(35)40-37(28)41/h1-22H. The summed E-state index contributed by atoms with van der Waals surface area (Å²) in [6.45, 7) is 0. The number of rotatable bonds is 2. The molecule has 4 nitrogen and oxygen atoms in total. The molecule has 0 saturated heterocycles. The molecular weight excluding hydrogens is 500 g/mol. The van der Waals surface area contributed by atoms with E-state index >= 15 is 0 Å². The fourth-order valence-electron chi connectivity index (χ4n) is 6.21. The van der Waals surface area contributed by atoms with Gasteiger partial charge in [-0.15, -0.1) is 0 Å². The summed E-state index contributed by atoms with van der Waals surface area (Å²) < 4.78 is 2.28. The van der Waals surface area contributed by atoms with E-state index in [1.54, 1.807) is 0 Å². The summed E-state index contributed by atoms with van der Waals surface area (Å²) in [6.07, 6.45) is 0. The van der Waals surface area contributed by atoms with Gasteiger partial charge in [-0.2, -0.15) is 0 Å². The molecule has 41 heavy (non-hydrogen) atoms. The Bertz CT molecular complexity index is 2490. The van der Waals surface area contributed by atoms with Gasteiger partial charge in [-0.05, 0) is 59.3 Å². The topological polar surface area (TPSA) is 43.1 Å². The highest BCUT2D eigenvalue weighted by atomic mass is 15.0. The molecule has 9 rings (SSSR count). The first-order valence-corrected chi connectivity index (χ1v) is 13.8. The molecule has 4 heterocycles. The van der Waals surface area contributed by atoms with Crippen LogP contribution in [0.5, 0.6) is 0 Å². The Balaban J connectivity index is 1.24. The molecule has 4 aromatic heterocycles. The molecule has 0 spiro atoms. The number of imidazole rings is 1. The van der Waals surface area contributed by atoms with Crippen LogP contribution in [0.3, 0.4) is 0 Å². The van der Waals surface area contributed by atoms with Gasteiger partial charge in [-0.3, -0.25) is 4.40 Å². The zero-order valence-electron chi connectivity index (χ0n) is 22.0. The lowest BCUT2D eigenvalue weighted by molar-refractivity contribution is 1.28. The Hall–Kier alpha value is -5.61. The quantitative estimate of drug-likeness (QED) is 0.213.